The van der Waals surface area contributed by atoms with Gasteiger partial charge in [0.05, 0.1) is 0 Å². The minimum absolute atomic E-state index is 0.0861. The van der Waals surface area contributed by atoms with Gasteiger partial charge in [-0.05, 0) is 45.4 Å². The van der Waals surface area contributed by atoms with E-state index in [1.807, 2.05) is 0 Å². The molecular formula is C15H29N7. The Hall–Kier alpha value is -1.63. The van der Waals surface area contributed by atoms with Crippen molar-refractivity contribution in [2.75, 3.05) is 29.1 Å². The van der Waals surface area contributed by atoms with Crippen LogP contribution in [0.3, 0.4) is 0 Å². The number of anilines is 3. The Kier molecular flexibility index (Phi) is 5.05. The fourth-order valence-electron chi connectivity index (χ4n) is 2.59. The lowest BCUT2D eigenvalue weighted by molar-refractivity contribution is 0.310. The number of nitrogens with one attached hydrogen (secondary N) is 2. The Balaban J connectivity index is 2.04. The van der Waals surface area contributed by atoms with Gasteiger partial charge in [-0.25, -0.2) is 5.43 Å². The van der Waals surface area contributed by atoms with Crippen molar-refractivity contribution in [3.63, 3.8) is 0 Å². The number of piperidine rings is 1. The van der Waals surface area contributed by atoms with Gasteiger partial charge in [0.2, 0.25) is 17.8 Å². The molecule has 2 heterocycles. The van der Waals surface area contributed by atoms with Gasteiger partial charge >= 0.3 is 0 Å². The van der Waals surface area contributed by atoms with Gasteiger partial charge in [0.25, 0.3) is 0 Å². The maximum Gasteiger partial charge on any atom is 0.243 e. The zero-order valence-corrected chi connectivity index (χ0v) is 14.3. The molecule has 0 unspecified atom stereocenters. The first-order chi connectivity index (χ1) is 10.2. The third kappa shape index (κ3) is 4.69. The van der Waals surface area contributed by atoms with E-state index in [2.05, 4.69) is 65.3 Å². The number of nitrogens with zero attached hydrogens (tertiary/aromatic N) is 4. The van der Waals surface area contributed by atoms with E-state index < -0.39 is 0 Å². The highest BCUT2D eigenvalue weighted by Gasteiger charge is 2.23. The molecule has 2 rings (SSSR count). The number of hydrogen-bond donors (Lipinski definition) is 3. The van der Waals surface area contributed by atoms with Crippen LogP contribution >= 0.6 is 0 Å². The molecule has 1 aromatic heterocycles. The summed E-state index contributed by atoms with van der Waals surface area (Å²) >= 11 is 0. The quantitative estimate of drug-likeness (QED) is 0.733. The second-order valence-electron chi connectivity index (χ2n) is 7.39. The van der Waals surface area contributed by atoms with Crippen LogP contribution in [0.15, 0.2) is 0 Å². The molecule has 0 amide bonds. The minimum atomic E-state index is -0.0861. The standard InChI is InChI=1S/C15H29N7/c1-10(2)11-6-8-22(9-7-11)14-18-12(16)17-13(19-14)20-21-15(3,4)5/h10-11,21H,6-9H2,1-5H3,(H3,16,17,18,19,20). The molecule has 7 heteroatoms. The third-order valence-corrected chi connectivity index (χ3v) is 3.96. The Morgan fingerprint density at radius 3 is 2.32 bits per heavy atom. The number of aromatic nitrogens is 3. The molecule has 0 aliphatic carbocycles. The highest BCUT2D eigenvalue weighted by atomic mass is 15.5. The highest BCUT2D eigenvalue weighted by Crippen LogP contribution is 2.26. The summed E-state index contributed by atoms with van der Waals surface area (Å²) in [4.78, 5) is 15.1. The van der Waals surface area contributed by atoms with E-state index in [1.165, 1.54) is 12.8 Å². The molecule has 7 nitrogen and oxygen atoms in total. The van der Waals surface area contributed by atoms with E-state index in [1.54, 1.807) is 0 Å². The van der Waals surface area contributed by atoms with Crippen molar-refractivity contribution in [1.82, 2.24) is 20.4 Å². The van der Waals surface area contributed by atoms with Gasteiger partial charge in [-0.1, -0.05) is 13.8 Å². The van der Waals surface area contributed by atoms with Crippen molar-refractivity contribution in [2.45, 2.75) is 53.0 Å². The maximum absolute atomic E-state index is 5.82. The molecule has 124 valence electrons. The van der Waals surface area contributed by atoms with E-state index in [0.717, 1.165) is 24.9 Å². The number of hydrogen-bond acceptors (Lipinski definition) is 7. The van der Waals surface area contributed by atoms with Crippen molar-refractivity contribution in [1.29, 1.82) is 0 Å². The van der Waals surface area contributed by atoms with E-state index in [4.69, 9.17) is 5.73 Å². The fourth-order valence-corrected chi connectivity index (χ4v) is 2.59. The zero-order chi connectivity index (χ0) is 16.3. The molecule has 0 atom stereocenters. The highest BCUT2D eigenvalue weighted by molar-refractivity contribution is 5.41. The molecule has 0 aromatic carbocycles. The minimum Gasteiger partial charge on any atom is -0.368 e. The number of hydrazine groups is 1. The van der Waals surface area contributed by atoms with Crippen LogP contribution in [0.25, 0.3) is 0 Å². The van der Waals surface area contributed by atoms with Crippen molar-refractivity contribution in [3.05, 3.63) is 0 Å². The third-order valence-electron chi connectivity index (χ3n) is 3.96. The van der Waals surface area contributed by atoms with Crippen LogP contribution in [0.1, 0.15) is 47.5 Å². The lowest BCUT2D eigenvalue weighted by Crippen LogP contribution is -2.41. The maximum atomic E-state index is 5.82. The van der Waals surface area contributed by atoms with E-state index in [9.17, 15) is 0 Å². The summed E-state index contributed by atoms with van der Waals surface area (Å²) in [6.45, 7) is 12.7. The normalized spacial score (nSPS) is 17.1. The lowest BCUT2D eigenvalue weighted by atomic mass is 9.87. The van der Waals surface area contributed by atoms with Crippen LogP contribution in [0.5, 0.6) is 0 Å². The summed E-state index contributed by atoms with van der Waals surface area (Å²) in [6, 6.07) is 0. The number of rotatable bonds is 4. The average Bonchev–Trinajstić information content (AvgIpc) is 2.44. The van der Waals surface area contributed by atoms with E-state index in [-0.39, 0.29) is 11.5 Å². The smallest absolute Gasteiger partial charge is 0.243 e. The predicted octanol–water partition coefficient (Wildman–Crippen LogP) is 2.04. The fraction of sp³-hybridized carbons (Fsp3) is 0.800. The molecule has 1 aromatic rings. The summed E-state index contributed by atoms with van der Waals surface area (Å²) in [7, 11) is 0. The Morgan fingerprint density at radius 2 is 1.77 bits per heavy atom. The zero-order valence-electron chi connectivity index (χ0n) is 14.3. The van der Waals surface area contributed by atoms with Crippen LogP contribution in [0, 0.1) is 11.8 Å². The van der Waals surface area contributed by atoms with Gasteiger partial charge in [-0.2, -0.15) is 15.0 Å². The molecule has 1 aliphatic heterocycles. The molecule has 1 saturated heterocycles. The predicted molar refractivity (Wildman–Crippen MR) is 90.5 cm³/mol. The van der Waals surface area contributed by atoms with Crippen LogP contribution < -0.4 is 21.5 Å². The van der Waals surface area contributed by atoms with Crippen LogP contribution in [-0.4, -0.2) is 33.6 Å². The second kappa shape index (κ2) is 6.64. The molecule has 0 saturated carbocycles. The van der Waals surface area contributed by atoms with Gasteiger partial charge in [-0.15, -0.1) is 0 Å². The van der Waals surface area contributed by atoms with Gasteiger partial charge in [0.1, 0.15) is 0 Å². The summed E-state index contributed by atoms with van der Waals surface area (Å²) in [6.07, 6.45) is 2.35. The van der Waals surface area contributed by atoms with E-state index >= 15 is 0 Å². The summed E-state index contributed by atoms with van der Waals surface area (Å²) < 4.78 is 0. The molecule has 1 aliphatic rings. The Bertz CT molecular complexity index is 487. The molecule has 22 heavy (non-hydrogen) atoms. The van der Waals surface area contributed by atoms with Crippen molar-refractivity contribution in [2.24, 2.45) is 11.8 Å². The van der Waals surface area contributed by atoms with Gasteiger partial charge in [-0.3, -0.25) is 5.43 Å². The second-order valence-corrected chi connectivity index (χ2v) is 7.39. The summed E-state index contributed by atoms with van der Waals surface area (Å²) in [5, 5.41) is 0. The van der Waals surface area contributed by atoms with Gasteiger partial charge < -0.3 is 10.6 Å². The molecule has 1 fully saturated rings. The van der Waals surface area contributed by atoms with Crippen molar-refractivity contribution < 1.29 is 0 Å². The van der Waals surface area contributed by atoms with Crippen molar-refractivity contribution >= 4 is 17.8 Å². The van der Waals surface area contributed by atoms with Gasteiger partial charge in [0, 0.05) is 18.6 Å². The first kappa shape index (κ1) is 16.7. The average molecular weight is 307 g/mol. The first-order valence-corrected chi connectivity index (χ1v) is 8.04. The summed E-state index contributed by atoms with van der Waals surface area (Å²) in [5.74, 6) is 2.89. The largest absolute Gasteiger partial charge is 0.368 e. The molecular weight excluding hydrogens is 278 g/mol. The van der Waals surface area contributed by atoms with Crippen LogP contribution in [-0.2, 0) is 0 Å². The molecule has 0 spiro atoms. The lowest BCUT2D eigenvalue weighted by Gasteiger charge is -2.34. The summed E-state index contributed by atoms with van der Waals surface area (Å²) in [5.41, 5.74) is 11.9. The molecule has 4 N–H and O–H groups in total. The Labute approximate surface area is 133 Å². The molecule has 0 radical (unpaired) electrons. The van der Waals surface area contributed by atoms with Crippen molar-refractivity contribution in [3.8, 4) is 0 Å². The van der Waals surface area contributed by atoms with Crippen LogP contribution in [0.4, 0.5) is 17.8 Å². The van der Waals surface area contributed by atoms with E-state index in [0.29, 0.717) is 11.9 Å². The topological polar surface area (TPSA) is 92.0 Å². The number of nitrogens with two attached hydrogens (primary N) is 1. The van der Waals surface area contributed by atoms with Crippen LogP contribution in [0.2, 0.25) is 0 Å². The first-order valence-electron chi connectivity index (χ1n) is 8.04. The number of nitrogen functional groups attached to an aromatic ring is 1. The van der Waals surface area contributed by atoms with Gasteiger partial charge in [0.15, 0.2) is 0 Å². The molecule has 0 bridgehead atoms. The Morgan fingerprint density at radius 1 is 1.14 bits per heavy atom. The monoisotopic (exact) mass is 307 g/mol. The SMILES string of the molecule is CC(C)C1CCN(c2nc(N)nc(NNC(C)(C)C)n2)CC1.